The average Bonchev–Trinajstić information content (AvgIpc) is 3.33. The number of fused-ring (bicyclic) bond motifs is 1. The van der Waals surface area contributed by atoms with Crippen LogP contribution in [0.5, 0.6) is 5.19 Å². The van der Waals surface area contributed by atoms with Crippen LogP contribution < -0.4 is 10.1 Å². The summed E-state index contributed by atoms with van der Waals surface area (Å²) in [5, 5.41) is 4.31. The van der Waals surface area contributed by atoms with Crippen LogP contribution in [-0.4, -0.2) is 64.6 Å². The van der Waals surface area contributed by atoms with Gasteiger partial charge in [0.2, 0.25) is 5.91 Å². The quantitative estimate of drug-likeness (QED) is 0.507. The van der Waals surface area contributed by atoms with E-state index in [0.717, 1.165) is 46.9 Å². The summed E-state index contributed by atoms with van der Waals surface area (Å²) in [4.78, 5) is 25.2. The molecule has 35 heavy (non-hydrogen) atoms. The molecule has 0 atom stereocenters. The fourth-order valence-electron chi connectivity index (χ4n) is 4.67. The fraction of sp³-hybridized carbons (Fsp3) is 0.708. The number of nitrogens with one attached hydrogen (secondary N) is 1. The van der Waals surface area contributed by atoms with Gasteiger partial charge in [0.1, 0.15) is 5.67 Å². The smallest absolute Gasteiger partial charge is 0.278 e. The van der Waals surface area contributed by atoms with Crippen molar-refractivity contribution in [2.45, 2.75) is 82.8 Å². The molecule has 1 aliphatic heterocycles. The van der Waals surface area contributed by atoms with Gasteiger partial charge >= 0.3 is 0 Å². The SMILES string of the molecule is Cc1ncc(CC(=O)N[C@H]2CC[C@](F)(CCN3CCc4nc(OCC(C)(F)F)sc4CC3)CC2)s1. The molecular weight excluding hydrogens is 497 g/mol. The van der Waals surface area contributed by atoms with Gasteiger partial charge < -0.3 is 15.0 Å². The van der Waals surface area contributed by atoms with Crippen LogP contribution in [0, 0.1) is 6.92 Å². The number of alkyl halides is 3. The summed E-state index contributed by atoms with van der Waals surface area (Å²) in [5.41, 5.74) is -0.288. The van der Waals surface area contributed by atoms with E-state index in [9.17, 15) is 13.6 Å². The Bertz CT molecular complexity index is 974. The van der Waals surface area contributed by atoms with E-state index < -0.39 is 18.2 Å². The molecule has 2 aromatic heterocycles. The third-order valence-corrected chi connectivity index (χ3v) is 8.64. The van der Waals surface area contributed by atoms with Crippen molar-refractivity contribution in [3.05, 3.63) is 26.7 Å². The number of aromatic nitrogens is 2. The Morgan fingerprint density at radius 3 is 2.71 bits per heavy atom. The third kappa shape index (κ3) is 7.88. The molecule has 11 heteroatoms. The van der Waals surface area contributed by atoms with Crippen molar-refractivity contribution < 1.29 is 22.7 Å². The lowest BCUT2D eigenvalue weighted by atomic mass is 9.81. The highest BCUT2D eigenvalue weighted by atomic mass is 32.1. The summed E-state index contributed by atoms with van der Waals surface area (Å²) in [6.45, 7) is 4.32. The topological polar surface area (TPSA) is 67.4 Å². The second-order valence-electron chi connectivity index (χ2n) is 9.82. The number of nitrogens with zero attached hydrogens (tertiary/aromatic N) is 3. The summed E-state index contributed by atoms with van der Waals surface area (Å²) in [7, 11) is 0. The molecule has 4 rings (SSSR count). The first kappa shape index (κ1) is 26.3. The molecule has 1 fully saturated rings. The van der Waals surface area contributed by atoms with E-state index in [-0.39, 0.29) is 11.9 Å². The highest BCUT2D eigenvalue weighted by Crippen LogP contribution is 2.36. The highest BCUT2D eigenvalue weighted by molar-refractivity contribution is 7.13. The number of carbonyl (C=O) groups excluding carboxylic acids is 1. The summed E-state index contributed by atoms with van der Waals surface area (Å²) in [6.07, 6.45) is 6.27. The van der Waals surface area contributed by atoms with Crippen molar-refractivity contribution in [3.8, 4) is 5.19 Å². The lowest BCUT2D eigenvalue weighted by Gasteiger charge is -2.35. The van der Waals surface area contributed by atoms with Crippen LogP contribution in [0.25, 0.3) is 0 Å². The number of aryl methyl sites for hydroxylation is 1. The fourth-order valence-corrected chi connectivity index (χ4v) is 6.41. The molecule has 1 saturated carbocycles. The van der Waals surface area contributed by atoms with Crippen LogP contribution in [0.4, 0.5) is 13.2 Å². The van der Waals surface area contributed by atoms with E-state index >= 15 is 4.39 Å². The Hall–Kier alpha value is -1.72. The van der Waals surface area contributed by atoms with Gasteiger partial charge in [-0.3, -0.25) is 4.79 Å². The number of carbonyl (C=O) groups is 1. The van der Waals surface area contributed by atoms with Crippen LogP contribution in [0.3, 0.4) is 0 Å². The molecule has 6 nitrogen and oxygen atoms in total. The zero-order chi connectivity index (χ0) is 25.1. The lowest BCUT2D eigenvalue weighted by Crippen LogP contribution is -2.43. The van der Waals surface area contributed by atoms with E-state index in [4.69, 9.17) is 4.74 Å². The number of halogens is 3. The Labute approximate surface area is 212 Å². The van der Waals surface area contributed by atoms with E-state index in [1.807, 2.05) is 6.92 Å². The van der Waals surface area contributed by atoms with Crippen LogP contribution in [0.2, 0.25) is 0 Å². The normalized spacial score (nSPS) is 23.5. The van der Waals surface area contributed by atoms with Crippen molar-refractivity contribution in [2.24, 2.45) is 0 Å². The maximum Gasteiger partial charge on any atom is 0.278 e. The molecule has 2 aromatic rings. The molecule has 0 aromatic carbocycles. The number of hydrogen-bond donors (Lipinski definition) is 1. The van der Waals surface area contributed by atoms with Gasteiger partial charge in [0.05, 0.1) is 17.1 Å². The van der Waals surface area contributed by atoms with Crippen LogP contribution in [0.1, 0.15) is 59.5 Å². The molecule has 0 radical (unpaired) electrons. The van der Waals surface area contributed by atoms with E-state index in [0.29, 0.717) is 56.7 Å². The van der Waals surface area contributed by atoms with Crippen molar-refractivity contribution in [1.29, 1.82) is 0 Å². The second kappa shape index (κ2) is 11.1. The largest absolute Gasteiger partial charge is 0.464 e. The molecular formula is C24H33F3N4O2S2. The van der Waals surface area contributed by atoms with Gasteiger partial charge in [-0.25, -0.2) is 23.1 Å². The number of rotatable bonds is 9. The van der Waals surface area contributed by atoms with Gasteiger partial charge in [-0.1, -0.05) is 11.3 Å². The number of ether oxygens (including phenoxy) is 1. The average molecular weight is 531 g/mol. The Balaban J connectivity index is 1.17. The molecule has 1 aliphatic carbocycles. The standard InChI is InChI=1S/C24H33F3N4O2S2/c1-16-28-14-18(34-16)13-21(32)29-17-3-7-24(27,8-4-17)9-12-31-10-5-19-20(6-11-31)35-22(30-19)33-15-23(2,25)26/h14,17H,3-13,15H2,1-2H3,(H,29,32)/t17-,24+. The van der Waals surface area contributed by atoms with Crippen LogP contribution >= 0.6 is 22.7 Å². The number of thiazole rings is 2. The molecule has 0 bridgehead atoms. The van der Waals surface area contributed by atoms with Crippen LogP contribution in [-0.2, 0) is 24.1 Å². The highest BCUT2D eigenvalue weighted by Gasteiger charge is 2.36. The summed E-state index contributed by atoms with van der Waals surface area (Å²) in [6, 6.07) is 0.0321. The monoisotopic (exact) mass is 530 g/mol. The number of amides is 1. The van der Waals surface area contributed by atoms with Gasteiger partial charge in [-0.2, -0.15) is 0 Å². The van der Waals surface area contributed by atoms with E-state index in [2.05, 4.69) is 20.2 Å². The summed E-state index contributed by atoms with van der Waals surface area (Å²) < 4.78 is 46.7. The molecule has 2 aliphatic rings. The minimum atomic E-state index is -2.88. The van der Waals surface area contributed by atoms with Gasteiger partial charge in [-0.15, -0.1) is 11.3 Å². The lowest BCUT2D eigenvalue weighted by molar-refractivity contribution is -0.121. The van der Waals surface area contributed by atoms with E-state index in [1.165, 1.54) is 22.7 Å². The zero-order valence-electron chi connectivity index (χ0n) is 20.2. The minimum absolute atomic E-state index is 0.0207. The first-order chi connectivity index (χ1) is 16.6. The van der Waals surface area contributed by atoms with Crippen molar-refractivity contribution in [1.82, 2.24) is 20.2 Å². The van der Waals surface area contributed by atoms with Crippen molar-refractivity contribution >= 4 is 28.6 Å². The minimum Gasteiger partial charge on any atom is -0.464 e. The third-order valence-electron chi connectivity index (χ3n) is 6.65. The van der Waals surface area contributed by atoms with Crippen LogP contribution in [0.15, 0.2) is 6.20 Å². The summed E-state index contributed by atoms with van der Waals surface area (Å²) >= 11 is 2.86. The maximum absolute atomic E-state index is 15.5. The Morgan fingerprint density at radius 1 is 1.29 bits per heavy atom. The second-order valence-corrected chi connectivity index (χ2v) is 12.2. The Morgan fingerprint density at radius 2 is 2.03 bits per heavy atom. The van der Waals surface area contributed by atoms with Crippen molar-refractivity contribution in [3.63, 3.8) is 0 Å². The predicted octanol–water partition coefficient (Wildman–Crippen LogP) is 4.74. The first-order valence-corrected chi connectivity index (χ1v) is 13.8. The Kier molecular flexibility index (Phi) is 8.38. The molecule has 0 spiro atoms. The molecule has 1 amide bonds. The number of hydrogen-bond acceptors (Lipinski definition) is 7. The first-order valence-electron chi connectivity index (χ1n) is 12.2. The molecule has 3 heterocycles. The maximum atomic E-state index is 15.5. The van der Waals surface area contributed by atoms with E-state index in [1.54, 1.807) is 6.20 Å². The molecule has 0 saturated heterocycles. The molecule has 194 valence electrons. The molecule has 0 unspecified atom stereocenters. The molecule has 1 N–H and O–H groups in total. The predicted molar refractivity (Wildman–Crippen MR) is 131 cm³/mol. The summed E-state index contributed by atoms with van der Waals surface area (Å²) in [5.74, 6) is -2.90. The van der Waals surface area contributed by atoms with Crippen molar-refractivity contribution in [2.75, 3.05) is 26.2 Å². The van der Waals surface area contributed by atoms with Gasteiger partial charge in [-0.05, 0) is 45.4 Å². The van der Waals surface area contributed by atoms with Gasteiger partial charge in [0.15, 0.2) is 6.61 Å². The van der Waals surface area contributed by atoms with Gasteiger partial charge in [0.25, 0.3) is 11.1 Å². The van der Waals surface area contributed by atoms with Gasteiger partial charge in [0, 0.05) is 55.0 Å². The zero-order valence-corrected chi connectivity index (χ0v) is 21.9.